The molecule has 12 heteroatoms. The summed E-state index contributed by atoms with van der Waals surface area (Å²) in [5.41, 5.74) is 2.31. The molecule has 3 amide bonds. The lowest BCUT2D eigenvalue weighted by Gasteiger charge is -2.36. The van der Waals surface area contributed by atoms with Crippen LogP contribution in [-0.4, -0.2) is 57.1 Å². The van der Waals surface area contributed by atoms with E-state index in [1.165, 1.54) is 17.0 Å². The molecule has 2 N–H and O–H groups in total. The number of hydrogen-bond donors (Lipinski definition) is 2. The molecule has 5 rings (SSSR count). The van der Waals surface area contributed by atoms with E-state index in [9.17, 15) is 23.9 Å². The Kier molecular flexibility index (Phi) is 10.1. The number of benzene rings is 3. The predicted octanol–water partition coefficient (Wildman–Crippen LogP) is 4.33. The number of halogens is 2. The van der Waals surface area contributed by atoms with E-state index in [0.29, 0.717) is 60.1 Å². The van der Waals surface area contributed by atoms with E-state index < -0.39 is 35.6 Å². The maximum atomic E-state index is 15.2. The van der Waals surface area contributed by atoms with E-state index in [2.05, 4.69) is 15.6 Å². The third-order valence-corrected chi connectivity index (χ3v) is 8.87. The molecule has 46 heavy (non-hydrogen) atoms. The van der Waals surface area contributed by atoms with Gasteiger partial charge in [0, 0.05) is 46.4 Å². The monoisotopic (exact) mass is 643 g/mol. The van der Waals surface area contributed by atoms with Gasteiger partial charge >= 0.3 is 0 Å². The van der Waals surface area contributed by atoms with Gasteiger partial charge in [-0.3, -0.25) is 19.7 Å². The molecule has 0 spiro atoms. The molecule has 2 aliphatic rings. The molecule has 1 fully saturated rings. The van der Waals surface area contributed by atoms with Gasteiger partial charge in [0.25, 0.3) is 5.91 Å². The zero-order valence-corrected chi connectivity index (χ0v) is 26.3. The first-order valence-corrected chi connectivity index (χ1v) is 15.8. The molecule has 3 radical (unpaired) electrons. The average molecular weight is 644 g/mol. The maximum absolute atomic E-state index is 15.2. The highest BCUT2D eigenvalue weighted by molar-refractivity contribution is 6.11. The van der Waals surface area contributed by atoms with Crippen LogP contribution >= 0.6 is 0 Å². The first-order valence-electron chi connectivity index (χ1n) is 15.1. The third-order valence-electron chi connectivity index (χ3n) is 8.62. The van der Waals surface area contributed by atoms with Crippen molar-refractivity contribution in [2.75, 3.05) is 18.0 Å². The number of carbonyl (C=O) groups is 3. The topological polar surface area (TPSA) is 123 Å². The van der Waals surface area contributed by atoms with Gasteiger partial charge in [0.1, 0.15) is 30.0 Å². The van der Waals surface area contributed by atoms with Crippen LogP contribution in [0.25, 0.3) is 0 Å². The number of ether oxygens (including phenoxy) is 1. The van der Waals surface area contributed by atoms with Crippen molar-refractivity contribution in [2.24, 2.45) is 5.92 Å². The molecular formula is C34H33F2N4O5Si. The molecule has 0 bridgehead atoms. The molecule has 2 atom stereocenters. The summed E-state index contributed by atoms with van der Waals surface area (Å²) in [5, 5.41) is 22.3. The van der Waals surface area contributed by atoms with Crippen LogP contribution in [0.15, 0.2) is 54.6 Å². The van der Waals surface area contributed by atoms with Crippen molar-refractivity contribution < 1.29 is 33.0 Å². The lowest BCUT2D eigenvalue weighted by Crippen LogP contribution is -2.47. The molecule has 0 unspecified atom stereocenters. The Bertz CT molecular complexity index is 1690. The summed E-state index contributed by atoms with van der Waals surface area (Å²) in [6, 6.07) is 15.3. The predicted molar refractivity (Wildman–Crippen MR) is 166 cm³/mol. The summed E-state index contributed by atoms with van der Waals surface area (Å²) in [6.45, 7) is 2.54. The zero-order chi connectivity index (χ0) is 33.0. The van der Waals surface area contributed by atoms with Crippen molar-refractivity contribution in [2.45, 2.75) is 57.5 Å². The summed E-state index contributed by atoms with van der Waals surface area (Å²) >= 11 is 0. The van der Waals surface area contributed by atoms with Crippen molar-refractivity contribution in [1.29, 1.82) is 5.26 Å². The van der Waals surface area contributed by atoms with Crippen molar-refractivity contribution in [3.8, 4) is 11.8 Å². The molecule has 3 aromatic rings. The molecule has 0 aliphatic carbocycles. The number of carbonyl (C=O) groups excluding carboxylic acids is 3. The highest BCUT2D eigenvalue weighted by Gasteiger charge is 2.36. The summed E-state index contributed by atoms with van der Waals surface area (Å²) in [5.74, 6) is -2.15. The number of nitriles is 1. The normalized spacial score (nSPS) is 16.0. The van der Waals surface area contributed by atoms with E-state index in [0.717, 1.165) is 0 Å². The molecule has 0 aromatic heterocycles. The van der Waals surface area contributed by atoms with E-state index >= 15 is 4.39 Å². The fourth-order valence-corrected chi connectivity index (χ4v) is 6.14. The second kappa shape index (κ2) is 14.2. The van der Waals surface area contributed by atoms with Crippen LogP contribution in [-0.2, 0) is 22.7 Å². The number of aliphatic hydroxyl groups is 1. The smallest absolute Gasteiger partial charge is 0.255 e. The molecule has 2 aliphatic heterocycles. The minimum absolute atomic E-state index is 0.0927. The zero-order valence-electron chi connectivity index (χ0n) is 25.3. The van der Waals surface area contributed by atoms with Gasteiger partial charge in [-0.15, -0.1) is 0 Å². The standard InChI is InChI=1S/C34H33F2N4O5Si/c1-20(33(43)38-31(41)11-14-46)40-18-26-25(34(40)44)3-2-4-30(26)45-19-24-7-6-23(16-27(24)35)32(42)22-9-12-39(13-10-22)29-8-5-21(17-37)15-28(29)36/h2-8,15-16,20,22,32,42H,9-14,18-19H2,1H3,(H,38,41,43)/t20-,32-/m0/s1. The van der Waals surface area contributed by atoms with Crippen LogP contribution in [0.5, 0.6) is 5.75 Å². The van der Waals surface area contributed by atoms with Crippen molar-refractivity contribution in [1.82, 2.24) is 10.2 Å². The Hall–Kier alpha value is -4.60. The van der Waals surface area contributed by atoms with Crippen LogP contribution < -0.4 is 15.0 Å². The number of amides is 3. The number of nitrogens with zero attached hydrogens (tertiary/aromatic N) is 3. The SMILES string of the molecule is C[C@@H](C(=O)NC(=O)CC[Si])N1Cc2c(OCc3ccc([C@@H](O)C4CCN(c5ccc(C#N)cc5F)CC4)cc3F)cccc2C1=O. The van der Waals surface area contributed by atoms with Gasteiger partial charge in [-0.05, 0) is 67.6 Å². The third kappa shape index (κ3) is 6.95. The molecule has 1 saturated heterocycles. The Balaban J connectivity index is 1.19. The van der Waals surface area contributed by atoms with E-state index in [1.807, 2.05) is 11.0 Å². The molecule has 9 nitrogen and oxygen atoms in total. The second-order valence-electron chi connectivity index (χ2n) is 11.5. The van der Waals surface area contributed by atoms with Crippen molar-refractivity contribution >= 4 is 33.7 Å². The number of piperidine rings is 1. The average Bonchev–Trinajstić information content (AvgIpc) is 3.40. The van der Waals surface area contributed by atoms with E-state index in [1.54, 1.807) is 49.4 Å². The molecular weight excluding hydrogens is 610 g/mol. The molecule has 0 saturated carbocycles. The summed E-state index contributed by atoms with van der Waals surface area (Å²) in [4.78, 5) is 40.7. The van der Waals surface area contributed by atoms with Gasteiger partial charge < -0.3 is 19.6 Å². The first-order chi connectivity index (χ1) is 22.1. The minimum atomic E-state index is -0.902. The number of hydrogen-bond acceptors (Lipinski definition) is 7. The number of rotatable bonds is 10. The molecule has 3 aromatic carbocycles. The number of anilines is 1. The minimum Gasteiger partial charge on any atom is -0.488 e. The van der Waals surface area contributed by atoms with Crippen molar-refractivity contribution in [3.63, 3.8) is 0 Å². The van der Waals surface area contributed by atoms with Gasteiger partial charge in [0.2, 0.25) is 11.8 Å². The van der Waals surface area contributed by atoms with Crippen LogP contribution in [0, 0.1) is 28.9 Å². The van der Waals surface area contributed by atoms with Crippen molar-refractivity contribution in [3.05, 3.63) is 94.0 Å². The fraction of sp³-hybridized carbons (Fsp3) is 0.353. The van der Waals surface area contributed by atoms with E-state index in [4.69, 9.17) is 10.00 Å². The lowest BCUT2D eigenvalue weighted by atomic mass is 9.87. The summed E-state index contributed by atoms with van der Waals surface area (Å²) in [7, 11) is 3.20. The Morgan fingerprint density at radius 3 is 2.57 bits per heavy atom. The van der Waals surface area contributed by atoms with Gasteiger partial charge in [-0.25, -0.2) is 8.78 Å². The van der Waals surface area contributed by atoms with Crippen LogP contribution in [0.2, 0.25) is 6.04 Å². The molecule has 2 heterocycles. The fourth-order valence-electron chi connectivity index (χ4n) is 5.91. The van der Waals surface area contributed by atoms with Gasteiger partial charge in [0.05, 0.1) is 30.0 Å². The van der Waals surface area contributed by atoms with Crippen LogP contribution in [0.4, 0.5) is 14.5 Å². The quantitative estimate of drug-likeness (QED) is 0.316. The lowest BCUT2D eigenvalue weighted by molar-refractivity contribution is -0.132. The number of imide groups is 1. The first kappa shape index (κ1) is 32.8. The maximum Gasteiger partial charge on any atom is 0.255 e. The second-order valence-corrected chi connectivity index (χ2v) is 12.0. The summed E-state index contributed by atoms with van der Waals surface area (Å²) < 4.78 is 35.6. The van der Waals surface area contributed by atoms with Crippen LogP contribution in [0.1, 0.15) is 64.9 Å². The number of aliphatic hydroxyl groups excluding tert-OH is 1. The highest BCUT2D eigenvalue weighted by atomic mass is 28.1. The number of nitrogens with one attached hydrogen (secondary N) is 1. The Morgan fingerprint density at radius 1 is 1.13 bits per heavy atom. The van der Waals surface area contributed by atoms with Crippen LogP contribution in [0.3, 0.4) is 0 Å². The largest absolute Gasteiger partial charge is 0.488 e. The molecule has 237 valence electrons. The highest BCUT2D eigenvalue weighted by Crippen LogP contribution is 2.35. The Morgan fingerprint density at radius 2 is 1.89 bits per heavy atom. The summed E-state index contributed by atoms with van der Waals surface area (Å²) in [6.07, 6.45) is 0.381. The Labute approximate surface area is 269 Å². The van der Waals surface area contributed by atoms with E-state index in [-0.39, 0.29) is 42.5 Å². The number of fused-ring (bicyclic) bond motifs is 1. The van der Waals surface area contributed by atoms with Gasteiger partial charge in [0.15, 0.2) is 0 Å². The van der Waals surface area contributed by atoms with Gasteiger partial charge in [-0.2, -0.15) is 5.26 Å². The van der Waals surface area contributed by atoms with Gasteiger partial charge in [-0.1, -0.05) is 24.2 Å².